The zero-order chi connectivity index (χ0) is 28.9. The van der Waals surface area contributed by atoms with Crippen LogP contribution in [0.25, 0.3) is 10.8 Å². The number of hydrogen-bond acceptors (Lipinski definition) is 9. The number of benzene rings is 3. The predicted molar refractivity (Wildman–Crippen MR) is 155 cm³/mol. The first-order valence-electron chi connectivity index (χ1n) is 12.9. The van der Waals surface area contributed by atoms with Crippen molar-refractivity contribution in [3.63, 3.8) is 0 Å². The van der Waals surface area contributed by atoms with E-state index in [9.17, 15) is 4.79 Å². The molecule has 3 aromatic carbocycles. The average molecular weight is 564 g/mol. The molecule has 11 heteroatoms. The van der Waals surface area contributed by atoms with E-state index in [1.54, 1.807) is 50.7 Å². The number of methoxy groups -OCH3 is 2. The van der Waals surface area contributed by atoms with Gasteiger partial charge in [-0.1, -0.05) is 24.3 Å². The first kappa shape index (κ1) is 29.4. The van der Waals surface area contributed by atoms with E-state index in [2.05, 4.69) is 15.6 Å². The molecule has 41 heavy (non-hydrogen) atoms. The third kappa shape index (κ3) is 8.97. The summed E-state index contributed by atoms with van der Waals surface area (Å²) in [5, 5.41) is 16.3. The Kier molecular flexibility index (Phi) is 11.0. The molecule has 0 aliphatic rings. The molecule has 216 valence electrons. The van der Waals surface area contributed by atoms with Crippen LogP contribution in [-0.4, -0.2) is 70.0 Å². The molecular formula is C30H33N3O8. The average Bonchev–Trinajstić information content (AvgIpc) is 2.97. The monoisotopic (exact) mass is 563 g/mol. The quantitative estimate of drug-likeness (QED) is 0.141. The highest BCUT2D eigenvalue weighted by Gasteiger charge is 2.11. The number of amides is 1. The van der Waals surface area contributed by atoms with Crippen molar-refractivity contribution >= 4 is 34.1 Å². The minimum Gasteiger partial charge on any atom is -0.497 e. The van der Waals surface area contributed by atoms with Gasteiger partial charge in [0, 0.05) is 54.0 Å². The summed E-state index contributed by atoms with van der Waals surface area (Å²) in [4.78, 5) is 15.6. The zero-order valence-electron chi connectivity index (χ0n) is 22.9. The second-order valence-corrected chi connectivity index (χ2v) is 8.65. The van der Waals surface area contributed by atoms with Gasteiger partial charge in [0.1, 0.15) is 35.4 Å². The number of nitrogens with one attached hydrogen (secondary N) is 2. The first-order chi connectivity index (χ1) is 20.1. The van der Waals surface area contributed by atoms with Gasteiger partial charge in [-0.3, -0.25) is 5.32 Å². The summed E-state index contributed by atoms with van der Waals surface area (Å²) < 4.78 is 33.3. The highest BCUT2D eigenvalue weighted by molar-refractivity contribution is 6.02. The third-order valence-corrected chi connectivity index (χ3v) is 5.77. The van der Waals surface area contributed by atoms with Crippen LogP contribution in [0.5, 0.6) is 23.0 Å². The zero-order valence-corrected chi connectivity index (χ0v) is 22.9. The fourth-order valence-corrected chi connectivity index (χ4v) is 3.93. The fourth-order valence-electron chi connectivity index (χ4n) is 3.93. The molecule has 4 aromatic rings. The summed E-state index contributed by atoms with van der Waals surface area (Å²) in [6.07, 6.45) is 0.501. The fraction of sp³-hybridized carbons (Fsp3) is 0.267. The third-order valence-electron chi connectivity index (χ3n) is 5.77. The van der Waals surface area contributed by atoms with Crippen LogP contribution in [-0.2, 0) is 14.2 Å². The maximum atomic E-state index is 11.2. The Balaban J connectivity index is 1.39. The normalized spacial score (nSPS) is 10.8. The number of fused-ring (bicyclic) bond motifs is 1. The molecular weight excluding hydrogens is 530 g/mol. The minimum atomic E-state index is -1.13. The summed E-state index contributed by atoms with van der Waals surface area (Å²) in [5.74, 6) is 2.91. The molecule has 4 rings (SSSR count). The van der Waals surface area contributed by atoms with E-state index in [4.69, 9.17) is 33.5 Å². The Morgan fingerprint density at radius 1 is 0.805 bits per heavy atom. The molecule has 11 nitrogen and oxygen atoms in total. The summed E-state index contributed by atoms with van der Waals surface area (Å²) in [7, 11) is 3.22. The van der Waals surface area contributed by atoms with Crippen molar-refractivity contribution in [2.45, 2.75) is 0 Å². The summed E-state index contributed by atoms with van der Waals surface area (Å²) in [6.45, 7) is 2.84. The first-order valence-corrected chi connectivity index (χ1v) is 12.9. The van der Waals surface area contributed by atoms with Gasteiger partial charge >= 0.3 is 6.09 Å². The summed E-state index contributed by atoms with van der Waals surface area (Å²) in [6, 6.07) is 19.8. The summed E-state index contributed by atoms with van der Waals surface area (Å²) >= 11 is 0. The number of rotatable bonds is 16. The Hall–Kier alpha value is -4.58. The second-order valence-electron chi connectivity index (χ2n) is 8.65. The van der Waals surface area contributed by atoms with Gasteiger partial charge in [0.15, 0.2) is 0 Å². The van der Waals surface area contributed by atoms with Gasteiger partial charge in [0.25, 0.3) is 0 Å². The number of aromatic nitrogens is 1. The lowest BCUT2D eigenvalue weighted by Gasteiger charge is -2.14. The number of carbonyl (C=O) groups is 1. The smallest absolute Gasteiger partial charge is 0.409 e. The second kappa shape index (κ2) is 15.3. The van der Waals surface area contributed by atoms with Crippen molar-refractivity contribution in [3.05, 3.63) is 72.9 Å². The van der Waals surface area contributed by atoms with Crippen LogP contribution >= 0.6 is 0 Å². The van der Waals surface area contributed by atoms with Crippen LogP contribution in [0.3, 0.4) is 0 Å². The van der Waals surface area contributed by atoms with Crippen molar-refractivity contribution in [2.24, 2.45) is 0 Å². The van der Waals surface area contributed by atoms with Crippen molar-refractivity contribution in [3.8, 4) is 23.0 Å². The largest absolute Gasteiger partial charge is 0.497 e. The van der Waals surface area contributed by atoms with E-state index in [1.165, 1.54) is 0 Å². The maximum absolute atomic E-state index is 11.2. The van der Waals surface area contributed by atoms with Gasteiger partial charge < -0.3 is 38.8 Å². The molecule has 0 aliphatic heterocycles. The van der Waals surface area contributed by atoms with Crippen molar-refractivity contribution in [2.75, 3.05) is 64.5 Å². The minimum absolute atomic E-state index is 0.362. The molecule has 0 unspecified atom stereocenters. The van der Waals surface area contributed by atoms with Crippen LogP contribution in [0.15, 0.2) is 72.9 Å². The lowest BCUT2D eigenvalue weighted by molar-refractivity contribution is 0.0179. The van der Waals surface area contributed by atoms with E-state index in [0.29, 0.717) is 79.8 Å². The molecule has 3 N–H and O–H groups in total. The number of anilines is 3. The SMILES string of the molecule is COCCOCCOCCOc1cc(Nc2cc(Oc3ccc(NC(=O)O)c4ccccc34)ccn2)cc(OC)c1. The molecule has 0 atom stereocenters. The topological polar surface area (TPSA) is 130 Å². The lowest BCUT2D eigenvalue weighted by atomic mass is 10.1. The van der Waals surface area contributed by atoms with Crippen LogP contribution in [0.4, 0.5) is 22.0 Å². The molecule has 0 saturated heterocycles. The van der Waals surface area contributed by atoms with Crippen molar-refractivity contribution < 1.29 is 38.3 Å². The van der Waals surface area contributed by atoms with Crippen LogP contribution in [0.1, 0.15) is 0 Å². The van der Waals surface area contributed by atoms with Gasteiger partial charge in [-0.2, -0.15) is 0 Å². The van der Waals surface area contributed by atoms with Gasteiger partial charge in [0.05, 0.1) is 45.8 Å². The Morgan fingerprint density at radius 3 is 2.29 bits per heavy atom. The van der Waals surface area contributed by atoms with Gasteiger partial charge in [-0.05, 0) is 18.2 Å². The predicted octanol–water partition coefficient (Wildman–Crippen LogP) is 5.93. The van der Waals surface area contributed by atoms with E-state index < -0.39 is 6.09 Å². The standard InChI is InChI=1S/C30H33N3O8/c1-36-11-12-38-13-14-39-15-16-40-24-18-21(17-23(19-24)37-2)32-29-20-22(9-10-31-29)41-28-8-7-27(33-30(34)35)25-5-3-4-6-26(25)28/h3-10,17-20,33H,11-16H2,1-2H3,(H,31,32)(H,34,35). The molecule has 0 fully saturated rings. The van der Waals surface area contributed by atoms with Gasteiger partial charge in [-0.15, -0.1) is 0 Å². The van der Waals surface area contributed by atoms with Gasteiger partial charge in [-0.25, -0.2) is 9.78 Å². The Morgan fingerprint density at radius 2 is 1.54 bits per heavy atom. The molecule has 0 aliphatic carbocycles. The molecule has 0 radical (unpaired) electrons. The molecule has 1 amide bonds. The molecule has 0 bridgehead atoms. The molecule has 1 heterocycles. The number of ether oxygens (including phenoxy) is 6. The lowest BCUT2D eigenvalue weighted by Crippen LogP contribution is -2.12. The van der Waals surface area contributed by atoms with E-state index in [0.717, 1.165) is 10.8 Å². The van der Waals surface area contributed by atoms with Gasteiger partial charge in [0.2, 0.25) is 0 Å². The highest BCUT2D eigenvalue weighted by atomic mass is 16.6. The van der Waals surface area contributed by atoms with E-state index in [1.807, 2.05) is 36.4 Å². The number of hydrogen-bond donors (Lipinski definition) is 3. The maximum Gasteiger partial charge on any atom is 0.409 e. The number of nitrogens with zero attached hydrogens (tertiary/aromatic N) is 1. The molecule has 1 aromatic heterocycles. The Bertz CT molecular complexity index is 1430. The number of pyridine rings is 1. The molecule has 0 spiro atoms. The van der Waals surface area contributed by atoms with Crippen LogP contribution in [0.2, 0.25) is 0 Å². The van der Waals surface area contributed by atoms with Crippen molar-refractivity contribution in [1.29, 1.82) is 0 Å². The van der Waals surface area contributed by atoms with E-state index >= 15 is 0 Å². The summed E-state index contributed by atoms with van der Waals surface area (Å²) in [5.41, 5.74) is 1.19. The van der Waals surface area contributed by atoms with E-state index in [-0.39, 0.29) is 0 Å². The van der Waals surface area contributed by atoms with Crippen LogP contribution in [0, 0.1) is 0 Å². The number of carboxylic acid groups (broad SMARTS) is 1. The Labute approximate surface area is 237 Å². The van der Waals surface area contributed by atoms with Crippen LogP contribution < -0.4 is 24.8 Å². The highest BCUT2D eigenvalue weighted by Crippen LogP contribution is 2.35. The van der Waals surface area contributed by atoms with Crippen molar-refractivity contribution in [1.82, 2.24) is 4.98 Å². The molecule has 0 saturated carbocycles.